The average molecular weight is 824 g/mol. The molecule has 288 valence electrons. The van der Waals surface area contributed by atoms with E-state index in [0.29, 0.717) is 17.5 Å². The fourth-order valence-electron chi connectivity index (χ4n) is 9.41. The highest BCUT2D eigenvalue weighted by atomic mass is 32.1. The second-order valence-electron chi connectivity index (χ2n) is 15.9. The van der Waals surface area contributed by atoms with Crippen LogP contribution in [0.15, 0.2) is 200 Å². The van der Waals surface area contributed by atoms with Crippen molar-refractivity contribution < 1.29 is 0 Å². The quantitative estimate of drug-likeness (QED) is 0.162. The number of aromatic nitrogens is 3. The molecule has 0 fully saturated rings. The molecule has 0 bridgehead atoms. The molecule has 0 aliphatic carbocycles. The van der Waals surface area contributed by atoms with Crippen molar-refractivity contribution in [2.75, 3.05) is 0 Å². The van der Waals surface area contributed by atoms with Crippen LogP contribution in [-0.4, -0.2) is 15.0 Å². The molecule has 5 heteroatoms. The summed E-state index contributed by atoms with van der Waals surface area (Å²) in [6.07, 6.45) is 0. The summed E-state index contributed by atoms with van der Waals surface area (Å²) >= 11 is 3.68. The number of hydrogen-bond donors (Lipinski definition) is 0. The minimum atomic E-state index is 0.641. The topological polar surface area (TPSA) is 38.7 Å². The minimum absolute atomic E-state index is 0.641. The number of hydrogen-bond acceptors (Lipinski definition) is 5. The Morgan fingerprint density at radius 1 is 0.274 bits per heavy atom. The summed E-state index contributed by atoms with van der Waals surface area (Å²) in [5.74, 6) is 1.94. The zero-order chi connectivity index (χ0) is 40.7. The smallest absolute Gasteiger partial charge is 0.164 e. The van der Waals surface area contributed by atoms with Crippen LogP contribution < -0.4 is 0 Å². The van der Waals surface area contributed by atoms with Gasteiger partial charge >= 0.3 is 0 Å². The third kappa shape index (κ3) is 5.60. The van der Waals surface area contributed by atoms with E-state index in [1.807, 2.05) is 22.7 Å². The fraction of sp³-hybridized carbons (Fsp3) is 0. The van der Waals surface area contributed by atoms with Crippen LogP contribution in [0.5, 0.6) is 0 Å². The Bertz CT molecular complexity index is 3950. The lowest BCUT2D eigenvalue weighted by Gasteiger charge is -2.12. The van der Waals surface area contributed by atoms with E-state index in [1.54, 1.807) is 0 Å². The van der Waals surface area contributed by atoms with Gasteiger partial charge in [0.2, 0.25) is 0 Å². The Hall–Kier alpha value is -7.57. The van der Waals surface area contributed by atoms with Gasteiger partial charge in [-0.15, -0.1) is 22.7 Å². The molecular formula is C57H33N3S2. The van der Waals surface area contributed by atoms with E-state index in [1.165, 1.54) is 78.6 Å². The Morgan fingerprint density at radius 3 is 1.69 bits per heavy atom. The first-order chi connectivity index (χ1) is 30.7. The van der Waals surface area contributed by atoms with Crippen molar-refractivity contribution in [1.29, 1.82) is 0 Å². The maximum atomic E-state index is 5.38. The van der Waals surface area contributed by atoms with Crippen LogP contribution in [0.3, 0.4) is 0 Å². The van der Waals surface area contributed by atoms with Crippen molar-refractivity contribution in [3.8, 4) is 56.4 Å². The van der Waals surface area contributed by atoms with E-state index >= 15 is 0 Å². The average Bonchev–Trinajstić information content (AvgIpc) is 3.93. The molecule has 0 saturated heterocycles. The van der Waals surface area contributed by atoms with Crippen LogP contribution in [0.25, 0.3) is 129 Å². The van der Waals surface area contributed by atoms with Crippen molar-refractivity contribution in [2.45, 2.75) is 0 Å². The summed E-state index contributed by atoms with van der Waals surface area (Å²) in [5.41, 5.74) is 7.69. The summed E-state index contributed by atoms with van der Waals surface area (Å²) < 4.78 is 5.03. The number of nitrogens with zero attached hydrogens (tertiary/aromatic N) is 3. The molecule has 0 atom stereocenters. The van der Waals surface area contributed by atoms with Gasteiger partial charge in [0.25, 0.3) is 0 Å². The van der Waals surface area contributed by atoms with Crippen molar-refractivity contribution in [3.05, 3.63) is 200 Å². The summed E-state index contributed by atoms with van der Waals surface area (Å²) in [4.78, 5) is 16.0. The molecular weight excluding hydrogens is 791 g/mol. The molecule has 13 aromatic rings. The molecule has 0 spiro atoms. The minimum Gasteiger partial charge on any atom is -0.208 e. The van der Waals surface area contributed by atoms with E-state index in [2.05, 4.69) is 200 Å². The van der Waals surface area contributed by atoms with E-state index in [0.717, 1.165) is 33.0 Å². The van der Waals surface area contributed by atoms with Crippen molar-refractivity contribution >= 4 is 95.3 Å². The molecule has 3 heterocycles. The maximum absolute atomic E-state index is 5.38. The SMILES string of the molecule is c1cc(-c2nc(-c3ccc4c(ccc5ccccc54)c3)nc(-c3cccc4sc5c(-c6cccc7ccccc67)cccc5c34)n2)cc(-c2cccc3c2sc2ccccc23)c1. The molecule has 3 aromatic heterocycles. The molecule has 10 aromatic carbocycles. The number of benzene rings is 10. The number of rotatable bonds is 5. The zero-order valence-electron chi connectivity index (χ0n) is 33.2. The highest BCUT2D eigenvalue weighted by molar-refractivity contribution is 7.26. The van der Waals surface area contributed by atoms with Gasteiger partial charge in [-0.05, 0) is 73.3 Å². The largest absolute Gasteiger partial charge is 0.208 e. The Morgan fingerprint density at radius 2 is 0.806 bits per heavy atom. The zero-order valence-corrected chi connectivity index (χ0v) is 34.8. The normalized spacial score (nSPS) is 11.9. The van der Waals surface area contributed by atoms with Crippen LogP contribution in [0.2, 0.25) is 0 Å². The lowest BCUT2D eigenvalue weighted by atomic mass is 9.96. The van der Waals surface area contributed by atoms with E-state index in [-0.39, 0.29) is 0 Å². The summed E-state index contributed by atoms with van der Waals surface area (Å²) in [7, 11) is 0. The van der Waals surface area contributed by atoms with Gasteiger partial charge in [-0.1, -0.05) is 176 Å². The van der Waals surface area contributed by atoms with Gasteiger partial charge in [0, 0.05) is 62.6 Å². The van der Waals surface area contributed by atoms with Crippen molar-refractivity contribution in [1.82, 2.24) is 15.0 Å². The van der Waals surface area contributed by atoms with Crippen LogP contribution in [-0.2, 0) is 0 Å². The number of thiophene rings is 2. The molecule has 3 nitrogen and oxygen atoms in total. The van der Waals surface area contributed by atoms with Crippen LogP contribution >= 0.6 is 22.7 Å². The molecule has 0 N–H and O–H groups in total. The van der Waals surface area contributed by atoms with Crippen LogP contribution in [0.1, 0.15) is 0 Å². The fourth-order valence-corrected chi connectivity index (χ4v) is 11.9. The molecule has 62 heavy (non-hydrogen) atoms. The van der Waals surface area contributed by atoms with Gasteiger partial charge in [-0.25, -0.2) is 15.0 Å². The van der Waals surface area contributed by atoms with Crippen LogP contribution in [0, 0.1) is 0 Å². The van der Waals surface area contributed by atoms with E-state index < -0.39 is 0 Å². The third-order valence-electron chi connectivity index (χ3n) is 12.3. The van der Waals surface area contributed by atoms with Crippen molar-refractivity contribution in [3.63, 3.8) is 0 Å². The highest BCUT2D eigenvalue weighted by Crippen LogP contribution is 2.45. The first-order valence-electron chi connectivity index (χ1n) is 20.8. The number of fused-ring (bicyclic) bond motifs is 10. The standard InChI is InChI=1S/C57H33N3S2/c1-4-18-41-34(12-1)14-8-21-44(41)46-22-10-24-48-52-49(25-11-27-51(52)62-54(46)48)57-59-55(58-56(60-57)39-30-31-42-37(33-39)29-28-35-13-2-3-17-40(35)42)38-16-7-15-36(32-38)43-20-9-23-47-45-19-5-6-26-50(45)61-53(43)47/h1-33H. The van der Waals surface area contributed by atoms with Gasteiger partial charge in [0.1, 0.15) is 0 Å². The summed E-state index contributed by atoms with van der Waals surface area (Å²) in [6, 6.07) is 72.1. The van der Waals surface area contributed by atoms with E-state index in [4.69, 9.17) is 15.0 Å². The van der Waals surface area contributed by atoms with Gasteiger partial charge in [0.15, 0.2) is 17.5 Å². The molecule has 0 radical (unpaired) electrons. The third-order valence-corrected chi connectivity index (χ3v) is 14.7. The Labute approximate surface area is 364 Å². The van der Waals surface area contributed by atoms with Gasteiger partial charge in [-0.3, -0.25) is 0 Å². The predicted octanol–water partition coefficient (Wildman–Crippen LogP) is 16.4. The lowest BCUT2D eigenvalue weighted by molar-refractivity contribution is 1.08. The molecule has 13 rings (SSSR count). The second kappa shape index (κ2) is 14.0. The summed E-state index contributed by atoms with van der Waals surface area (Å²) in [5, 5.41) is 12.2. The van der Waals surface area contributed by atoms with Crippen molar-refractivity contribution in [2.24, 2.45) is 0 Å². The lowest BCUT2D eigenvalue weighted by Crippen LogP contribution is -2.00. The predicted molar refractivity (Wildman–Crippen MR) is 265 cm³/mol. The van der Waals surface area contributed by atoms with Gasteiger partial charge in [-0.2, -0.15) is 0 Å². The molecule has 0 aliphatic rings. The second-order valence-corrected chi connectivity index (χ2v) is 18.0. The monoisotopic (exact) mass is 823 g/mol. The highest BCUT2D eigenvalue weighted by Gasteiger charge is 2.20. The van der Waals surface area contributed by atoms with Gasteiger partial charge in [0.05, 0.1) is 0 Å². The first-order valence-corrected chi connectivity index (χ1v) is 22.5. The van der Waals surface area contributed by atoms with E-state index in [9.17, 15) is 0 Å². The molecule has 0 aliphatic heterocycles. The molecule has 0 amide bonds. The Balaban J connectivity index is 1.02. The van der Waals surface area contributed by atoms with Crippen LogP contribution in [0.4, 0.5) is 0 Å². The Kier molecular flexibility index (Phi) is 7.95. The molecule has 0 unspecified atom stereocenters. The molecule has 0 saturated carbocycles. The first kappa shape index (κ1) is 35.2. The maximum Gasteiger partial charge on any atom is 0.164 e. The van der Waals surface area contributed by atoms with Gasteiger partial charge < -0.3 is 0 Å². The summed E-state index contributed by atoms with van der Waals surface area (Å²) in [6.45, 7) is 0.